The Kier molecular flexibility index (Phi) is 4.26. The Morgan fingerprint density at radius 1 is 1.38 bits per heavy atom. The van der Waals surface area contributed by atoms with E-state index in [4.69, 9.17) is 25.6 Å². The Bertz CT molecular complexity index is 613. The molecule has 7 heteroatoms. The average Bonchev–Trinajstić information content (AvgIpc) is 2.90. The molecule has 2 heterocycles. The van der Waals surface area contributed by atoms with Crippen LogP contribution in [0, 0.1) is 0 Å². The van der Waals surface area contributed by atoms with E-state index in [9.17, 15) is 0 Å². The molecule has 1 aromatic heterocycles. The highest BCUT2D eigenvalue weighted by molar-refractivity contribution is 6.30. The third-order valence-corrected chi connectivity index (χ3v) is 3.36. The van der Waals surface area contributed by atoms with E-state index >= 15 is 0 Å². The Morgan fingerprint density at radius 3 is 2.90 bits per heavy atom. The summed E-state index contributed by atoms with van der Waals surface area (Å²) in [6, 6.07) is 5.29. The molecule has 1 saturated heterocycles. The van der Waals surface area contributed by atoms with Crippen molar-refractivity contribution in [3.8, 4) is 11.5 Å². The van der Waals surface area contributed by atoms with Gasteiger partial charge in [0.1, 0.15) is 6.10 Å². The number of hydrogen-bond acceptors (Lipinski definition) is 6. The Balaban J connectivity index is 1.68. The van der Waals surface area contributed by atoms with Gasteiger partial charge >= 0.3 is 0 Å². The van der Waals surface area contributed by atoms with Crippen LogP contribution in [0.5, 0.6) is 11.5 Å². The highest BCUT2D eigenvalue weighted by Gasteiger charge is 2.20. The van der Waals surface area contributed by atoms with Crippen molar-refractivity contribution in [2.24, 2.45) is 0 Å². The number of nitrogens with one attached hydrogen (secondary N) is 1. The fourth-order valence-corrected chi connectivity index (χ4v) is 2.01. The Morgan fingerprint density at radius 2 is 2.24 bits per heavy atom. The molecule has 0 unspecified atom stereocenters. The molecular weight excluding hydrogens is 294 g/mol. The molecule has 1 aliphatic rings. The van der Waals surface area contributed by atoms with E-state index < -0.39 is 0 Å². The van der Waals surface area contributed by atoms with Gasteiger partial charge in [-0.2, -0.15) is 4.98 Å². The first kappa shape index (κ1) is 14.2. The summed E-state index contributed by atoms with van der Waals surface area (Å²) >= 11 is 6.01. The normalized spacial score (nSPS) is 14.8. The zero-order valence-electron chi connectivity index (χ0n) is 11.6. The topological polar surface area (TPSA) is 69.4 Å². The third-order valence-electron chi connectivity index (χ3n) is 3.12. The summed E-state index contributed by atoms with van der Waals surface area (Å²) in [6.45, 7) is 3.83. The summed E-state index contributed by atoms with van der Waals surface area (Å²) in [6.07, 6.45) is 0.883. The van der Waals surface area contributed by atoms with E-state index in [0.717, 1.165) is 19.5 Å². The van der Waals surface area contributed by atoms with Crippen molar-refractivity contribution >= 4 is 11.6 Å². The number of ether oxygens (including phenoxy) is 2. The van der Waals surface area contributed by atoms with Crippen molar-refractivity contribution in [3.63, 3.8) is 0 Å². The number of benzene rings is 1. The molecule has 112 valence electrons. The molecule has 0 radical (unpaired) electrons. The van der Waals surface area contributed by atoms with Crippen LogP contribution in [0.4, 0.5) is 0 Å². The molecule has 0 bridgehead atoms. The number of hydrogen-bond donors (Lipinski definition) is 1. The van der Waals surface area contributed by atoms with Gasteiger partial charge in [0.2, 0.25) is 0 Å². The van der Waals surface area contributed by atoms with Crippen LogP contribution in [0.25, 0.3) is 0 Å². The minimum absolute atomic E-state index is 0.154. The van der Waals surface area contributed by atoms with Gasteiger partial charge in [-0.1, -0.05) is 23.7 Å². The van der Waals surface area contributed by atoms with Crippen LogP contribution < -0.4 is 14.8 Å². The molecule has 2 aromatic rings. The Hall–Kier alpha value is -1.79. The quantitative estimate of drug-likeness (QED) is 0.882. The molecule has 0 spiro atoms. The van der Waals surface area contributed by atoms with Crippen molar-refractivity contribution in [1.82, 2.24) is 15.5 Å². The number of halogens is 1. The molecule has 1 N–H and O–H groups in total. The van der Waals surface area contributed by atoms with Gasteiger partial charge in [-0.3, -0.25) is 0 Å². The molecule has 0 aliphatic carbocycles. The van der Waals surface area contributed by atoms with Gasteiger partial charge in [0.05, 0.1) is 0 Å². The number of rotatable bonds is 6. The van der Waals surface area contributed by atoms with Crippen molar-refractivity contribution in [1.29, 1.82) is 0 Å². The monoisotopic (exact) mass is 309 g/mol. The maximum atomic E-state index is 6.01. The highest BCUT2D eigenvalue weighted by atomic mass is 35.5. The number of aryl methyl sites for hydroxylation is 1. The van der Waals surface area contributed by atoms with Crippen LogP contribution in [-0.2, 0) is 13.0 Å². The second kappa shape index (κ2) is 6.32. The summed E-state index contributed by atoms with van der Waals surface area (Å²) < 4.78 is 16.6. The van der Waals surface area contributed by atoms with Crippen molar-refractivity contribution in [2.75, 3.05) is 13.1 Å². The van der Waals surface area contributed by atoms with E-state index in [-0.39, 0.29) is 12.7 Å². The van der Waals surface area contributed by atoms with Gasteiger partial charge in [-0.05, 0) is 12.1 Å². The van der Waals surface area contributed by atoms with Gasteiger partial charge in [0, 0.05) is 30.6 Å². The van der Waals surface area contributed by atoms with Crippen LogP contribution in [-0.4, -0.2) is 29.3 Å². The summed E-state index contributed by atoms with van der Waals surface area (Å²) in [5.41, 5.74) is 0. The molecule has 0 atom stereocenters. The van der Waals surface area contributed by atoms with Gasteiger partial charge in [0.15, 0.2) is 23.9 Å². The first-order valence-corrected chi connectivity index (χ1v) is 7.23. The van der Waals surface area contributed by atoms with Crippen LogP contribution in [0.3, 0.4) is 0 Å². The van der Waals surface area contributed by atoms with E-state index in [1.165, 1.54) is 0 Å². The van der Waals surface area contributed by atoms with E-state index in [2.05, 4.69) is 15.5 Å². The lowest BCUT2D eigenvalue weighted by Crippen LogP contribution is -2.50. The van der Waals surface area contributed by atoms with Crippen LogP contribution >= 0.6 is 11.6 Å². The summed E-state index contributed by atoms with van der Waals surface area (Å²) in [5.74, 6) is 2.35. The lowest BCUT2D eigenvalue weighted by atomic mass is 10.2. The fourth-order valence-electron chi connectivity index (χ4n) is 1.85. The maximum absolute atomic E-state index is 6.01. The summed E-state index contributed by atoms with van der Waals surface area (Å²) in [7, 11) is 0. The van der Waals surface area contributed by atoms with Crippen molar-refractivity contribution in [2.45, 2.75) is 26.1 Å². The number of nitrogens with zero attached hydrogens (tertiary/aromatic N) is 2. The zero-order chi connectivity index (χ0) is 14.7. The van der Waals surface area contributed by atoms with Crippen molar-refractivity contribution < 1.29 is 14.0 Å². The summed E-state index contributed by atoms with van der Waals surface area (Å²) in [5, 5.41) is 7.59. The number of aromatic nitrogens is 2. The minimum Gasteiger partial charge on any atom is -0.484 e. The molecule has 1 aliphatic heterocycles. The smallest absolute Gasteiger partial charge is 0.264 e. The van der Waals surface area contributed by atoms with Crippen LogP contribution in [0.1, 0.15) is 18.6 Å². The molecule has 3 rings (SSSR count). The van der Waals surface area contributed by atoms with Gasteiger partial charge in [0.25, 0.3) is 5.89 Å². The molecular formula is C14H16ClN3O3. The molecule has 0 amide bonds. The fraction of sp³-hybridized carbons (Fsp3) is 0.429. The zero-order valence-corrected chi connectivity index (χ0v) is 12.4. The van der Waals surface area contributed by atoms with Gasteiger partial charge < -0.3 is 19.3 Å². The lowest BCUT2D eigenvalue weighted by Gasteiger charge is -2.28. The standard InChI is InChI=1S/C14H16ClN3O3/c1-2-13-17-14(21-18-13)8-19-11-4-3-9(15)5-12(11)20-10-6-16-7-10/h3-5,10,16H,2,6-8H2,1H3. The van der Waals surface area contributed by atoms with E-state index in [1.54, 1.807) is 18.2 Å². The second-order valence-corrected chi connectivity index (χ2v) is 5.17. The van der Waals surface area contributed by atoms with Crippen LogP contribution in [0.15, 0.2) is 22.7 Å². The van der Waals surface area contributed by atoms with Crippen LogP contribution in [0.2, 0.25) is 5.02 Å². The third kappa shape index (κ3) is 3.46. The highest BCUT2D eigenvalue weighted by Crippen LogP contribution is 2.32. The van der Waals surface area contributed by atoms with Gasteiger partial charge in [-0.15, -0.1) is 0 Å². The van der Waals surface area contributed by atoms with Gasteiger partial charge in [-0.25, -0.2) is 0 Å². The van der Waals surface area contributed by atoms with E-state index in [0.29, 0.717) is 28.2 Å². The minimum atomic E-state index is 0.154. The molecule has 1 fully saturated rings. The van der Waals surface area contributed by atoms with Crippen molar-refractivity contribution in [3.05, 3.63) is 34.9 Å². The lowest BCUT2D eigenvalue weighted by molar-refractivity contribution is 0.133. The predicted molar refractivity (Wildman–Crippen MR) is 76.7 cm³/mol. The first-order valence-electron chi connectivity index (χ1n) is 6.85. The molecule has 1 aromatic carbocycles. The predicted octanol–water partition coefficient (Wildman–Crippen LogP) is 2.21. The SMILES string of the molecule is CCc1noc(COc2ccc(Cl)cc2OC2CNC2)n1. The summed E-state index contributed by atoms with van der Waals surface area (Å²) in [4.78, 5) is 4.20. The average molecular weight is 310 g/mol. The first-order chi connectivity index (χ1) is 10.2. The largest absolute Gasteiger partial charge is 0.484 e. The second-order valence-electron chi connectivity index (χ2n) is 4.74. The molecule has 0 saturated carbocycles. The van der Waals surface area contributed by atoms with E-state index in [1.807, 2.05) is 6.92 Å². The maximum Gasteiger partial charge on any atom is 0.264 e. The molecule has 21 heavy (non-hydrogen) atoms. The molecule has 6 nitrogen and oxygen atoms in total. The Labute approximate surface area is 127 Å².